The second-order valence-electron chi connectivity index (χ2n) is 3.94. The Labute approximate surface area is 95.1 Å². The molecule has 86 valence electrons. The topological polar surface area (TPSA) is 47.0 Å². The van der Waals surface area contributed by atoms with Crippen molar-refractivity contribution in [2.75, 3.05) is 13.7 Å². The average Bonchev–Trinajstić information content (AvgIpc) is 2.67. The van der Waals surface area contributed by atoms with Crippen molar-refractivity contribution in [3.63, 3.8) is 0 Å². The van der Waals surface area contributed by atoms with Crippen molar-refractivity contribution in [2.24, 2.45) is 0 Å². The van der Waals surface area contributed by atoms with E-state index in [4.69, 9.17) is 4.74 Å². The van der Waals surface area contributed by atoms with E-state index in [9.17, 15) is 0 Å². The van der Waals surface area contributed by atoms with Gasteiger partial charge in [-0.05, 0) is 27.3 Å². The van der Waals surface area contributed by atoms with Crippen LogP contribution in [0.25, 0.3) is 0 Å². The summed E-state index contributed by atoms with van der Waals surface area (Å²) in [5.74, 6) is 0. The molecule has 1 aromatic heterocycles. The summed E-state index contributed by atoms with van der Waals surface area (Å²) in [6.45, 7) is 9.10. The lowest BCUT2D eigenvalue weighted by Gasteiger charge is -2.18. The highest BCUT2D eigenvalue weighted by molar-refractivity contribution is 7.11. The van der Waals surface area contributed by atoms with E-state index in [1.54, 1.807) is 18.4 Å². The standard InChI is InChI=1S/C10H19N3OS/c1-6-11-7(2)8-12-13-9(15-8)10(3,4)14-5/h7,11H,6H2,1-5H3. The smallest absolute Gasteiger partial charge is 0.148 e. The minimum atomic E-state index is -0.345. The van der Waals surface area contributed by atoms with Gasteiger partial charge in [-0.2, -0.15) is 0 Å². The number of hydrogen-bond acceptors (Lipinski definition) is 5. The summed E-state index contributed by atoms with van der Waals surface area (Å²) in [6, 6.07) is 0.258. The Kier molecular flexibility index (Phi) is 4.19. The molecule has 0 saturated heterocycles. The molecule has 1 N–H and O–H groups in total. The molecule has 0 spiro atoms. The SMILES string of the molecule is CCNC(C)c1nnc(C(C)(C)OC)s1. The number of nitrogens with one attached hydrogen (secondary N) is 1. The normalized spacial score (nSPS) is 14.2. The molecule has 1 unspecified atom stereocenters. The van der Waals surface area contributed by atoms with E-state index >= 15 is 0 Å². The Morgan fingerprint density at radius 3 is 2.67 bits per heavy atom. The Morgan fingerprint density at radius 2 is 2.13 bits per heavy atom. The third-order valence-electron chi connectivity index (χ3n) is 2.35. The van der Waals surface area contributed by atoms with Gasteiger partial charge in [0.05, 0.1) is 6.04 Å². The highest BCUT2D eigenvalue weighted by Crippen LogP contribution is 2.28. The molecule has 0 amide bonds. The Bertz CT molecular complexity index is 311. The number of ether oxygens (including phenoxy) is 1. The molecule has 0 aliphatic carbocycles. The largest absolute Gasteiger partial charge is 0.372 e. The van der Waals surface area contributed by atoms with E-state index in [-0.39, 0.29) is 11.6 Å². The summed E-state index contributed by atoms with van der Waals surface area (Å²) in [6.07, 6.45) is 0. The van der Waals surface area contributed by atoms with Gasteiger partial charge >= 0.3 is 0 Å². The number of aromatic nitrogens is 2. The number of rotatable bonds is 5. The number of nitrogens with zero attached hydrogens (tertiary/aromatic N) is 2. The van der Waals surface area contributed by atoms with Gasteiger partial charge < -0.3 is 10.1 Å². The molecule has 0 bridgehead atoms. The van der Waals surface area contributed by atoms with E-state index in [0.717, 1.165) is 16.6 Å². The van der Waals surface area contributed by atoms with Crippen LogP contribution in [0.1, 0.15) is 43.8 Å². The third-order valence-corrected chi connectivity index (χ3v) is 3.76. The lowest BCUT2D eigenvalue weighted by atomic mass is 10.1. The van der Waals surface area contributed by atoms with Crippen LogP contribution in [0.5, 0.6) is 0 Å². The summed E-state index contributed by atoms with van der Waals surface area (Å²) in [5, 5.41) is 13.6. The first kappa shape index (κ1) is 12.5. The van der Waals surface area contributed by atoms with Gasteiger partial charge in [0.1, 0.15) is 15.6 Å². The summed E-state index contributed by atoms with van der Waals surface area (Å²) in [7, 11) is 1.69. The first-order valence-corrected chi connectivity index (χ1v) is 5.95. The lowest BCUT2D eigenvalue weighted by molar-refractivity contribution is 0.0185. The van der Waals surface area contributed by atoms with Crippen LogP contribution in [0.3, 0.4) is 0 Å². The lowest BCUT2D eigenvalue weighted by Crippen LogP contribution is -2.19. The van der Waals surface area contributed by atoms with Gasteiger partial charge in [0.2, 0.25) is 0 Å². The van der Waals surface area contributed by atoms with Crippen LogP contribution < -0.4 is 5.32 Å². The van der Waals surface area contributed by atoms with E-state index in [1.165, 1.54) is 0 Å². The zero-order chi connectivity index (χ0) is 11.5. The van der Waals surface area contributed by atoms with Crippen LogP contribution in [-0.2, 0) is 10.3 Å². The second-order valence-corrected chi connectivity index (χ2v) is 4.95. The van der Waals surface area contributed by atoms with Crippen LogP contribution >= 0.6 is 11.3 Å². The molecule has 0 fully saturated rings. The Hall–Kier alpha value is -0.520. The number of methoxy groups -OCH3 is 1. The predicted molar refractivity (Wildman–Crippen MR) is 62.0 cm³/mol. The molecule has 1 rings (SSSR count). The van der Waals surface area contributed by atoms with Gasteiger partial charge in [0, 0.05) is 7.11 Å². The molecule has 5 heteroatoms. The first-order valence-electron chi connectivity index (χ1n) is 5.13. The van der Waals surface area contributed by atoms with Crippen molar-refractivity contribution in [3.8, 4) is 0 Å². The number of hydrogen-bond donors (Lipinski definition) is 1. The molecule has 0 aromatic carbocycles. The molecule has 1 heterocycles. The van der Waals surface area contributed by atoms with E-state index < -0.39 is 0 Å². The monoisotopic (exact) mass is 229 g/mol. The van der Waals surface area contributed by atoms with Crippen molar-refractivity contribution < 1.29 is 4.74 Å². The summed E-state index contributed by atoms with van der Waals surface area (Å²) in [5.41, 5.74) is -0.345. The van der Waals surface area contributed by atoms with Gasteiger partial charge in [-0.3, -0.25) is 0 Å². The summed E-state index contributed by atoms with van der Waals surface area (Å²) < 4.78 is 5.36. The summed E-state index contributed by atoms with van der Waals surface area (Å²) >= 11 is 1.60. The molecular formula is C10H19N3OS. The predicted octanol–water partition coefficient (Wildman–Crippen LogP) is 2.09. The van der Waals surface area contributed by atoms with E-state index in [2.05, 4.69) is 29.4 Å². The van der Waals surface area contributed by atoms with Crippen LogP contribution in [0.15, 0.2) is 0 Å². The zero-order valence-electron chi connectivity index (χ0n) is 10.00. The Morgan fingerprint density at radius 1 is 1.47 bits per heavy atom. The van der Waals surface area contributed by atoms with Crippen LogP contribution in [0.4, 0.5) is 0 Å². The van der Waals surface area contributed by atoms with Crippen molar-refractivity contribution >= 4 is 11.3 Å². The van der Waals surface area contributed by atoms with Crippen LogP contribution in [0, 0.1) is 0 Å². The minimum Gasteiger partial charge on any atom is -0.372 e. The first-order chi connectivity index (χ1) is 7.01. The molecule has 1 aromatic rings. The molecule has 0 aliphatic rings. The molecule has 0 radical (unpaired) electrons. The third kappa shape index (κ3) is 2.96. The van der Waals surface area contributed by atoms with E-state index in [0.29, 0.717) is 0 Å². The van der Waals surface area contributed by atoms with E-state index in [1.807, 2.05) is 13.8 Å². The molecule has 0 saturated carbocycles. The van der Waals surface area contributed by atoms with Gasteiger partial charge in [-0.1, -0.05) is 18.3 Å². The van der Waals surface area contributed by atoms with Gasteiger partial charge in [0.15, 0.2) is 0 Å². The quantitative estimate of drug-likeness (QED) is 0.840. The van der Waals surface area contributed by atoms with Crippen molar-refractivity contribution in [1.82, 2.24) is 15.5 Å². The van der Waals surface area contributed by atoms with Gasteiger partial charge in [-0.25, -0.2) is 0 Å². The van der Waals surface area contributed by atoms with Gasteiger partial charge in [0.25, 0.3) is 0 Å². The van der Waals surface area contributed by atoms with Crippen molar-refractivity contribution in [2.45, 2.75) is 39.3 Å². The highest BCUT2D eigenvalue weighted by atomic mass is 32.1. The van der Waals surface area contributed by atoms with Crippen LogP contribution in [0.2, 0.25) is 0 Å². The molecule has 0 aliphatic heterocycles. The maximum absolute atomic E-state index is 5.36. The second kappa shape index (κ2) is 5.01. The fourth-order valence-electron chi connectivity index (χ4n) is 1.13. The van der Waals surface area contributed by atoms with Crippen molar-refractivity contribution in [1.29, 1.82) is 0 Å². The Balaban J connectivity index is 2.80. The summed E-state index contributed by atoms with van der Waals surface area (Å²) in [4.78, 5) is 0. The highest BCUT2D eigenvalue weighted by Gasteiger charge is 2.25. The van der Waals surface area contributed by atoms with Gasteiger partial charge in [-0.15, -0.1) is 10.2 Å². The molecule has 4 nitrogen and oxygen atoms in total. The fourth-order valence-corrected chi connectivity index (χ4v) is 2.08. The van der Waals surface area contributed by atoms with Crippen molar-refractivity contribution in [3.05, 3.63) is 10.0 Å². The fraction of sp³-hybridized carbons (Fsp3) is 0.800. The minimum absolute atomic E-state index is 0.258. The zero-order valence-corrected chi connectivity index (χ0v) is 10.8. The molecule has 15 heavy (non-hydrogen) atoms. The van der Waals surface area contributed by atoms with Crippen LogP contribution in [-0.4, -0.2) is 23.9 Å². The average molecular weight is 229 g/mol. The maximum atomic E-state index is 5.36. The molecule has 1 atom stereocenters. The maximum Gasteiger partial charge on any atom is 0.148 e. The molecular weight excluding hydrogens is 210 g/mol.